The number of aromatic amines is 1. The molecule has 0 atom stereocenters. The van der Waals surface area contributed by atoms with Crippen LogP contribution in [-0.2, 0) is 0 Å². The number of aromatic nitrogens is 2. The lowest BCUT2D eigenvalue weighted by atomic mass is 10.1. The number of nitrogens with one attached hydrogen (secondary N) is 2. The lowest BCUT2D eigenvalue weighted by molar-refractivity contribution is 0.102. The van der Waals surface area contributed by atoms with Gasteiger partial charge in [-0.15, -0.1) is 0 Å². The minimum atomic E-state index is -0.357. The fourth-order valence-electron chi connectivity index (χ4n) is 2.18. The van der Waals surface area contributed by atoms with Crippen molar-refractivity contribution in [1.82, 2.24) is 10.2 Å². The molecule has 6 heteroatoms. The van der Waals surface area contributed by atoms with E-state index in [9.17, 15) is 9.90 Å². The van der Waals surface area contributed by atoms with Gasteiger partial charge >= 0.3 is 0 Å². The smallest absolute Gasteiger partial charge is 0.273 e. The topological polar surface area (TPSA) is 78.0 Å². The Hall–Kier alpha value is -2.79. The van der Waals surface area contributed by atoms with Gasteiger partial charge in [0, 0.05) is 5.56 Å². The van der Waals surface area contributed by atoms with Gasteiger partial charge in [-0.2, -0.15) is 5.10 Å². The number of phenolic OH excluding ortho intramolecular Hbond substituents is 1. The molecule has 0 aliphatic heterocycles. The lowest BCUT2D eigenvalue weighted by Crippen LogP contribution is -2.12. The molecule has 1 amide bonds. The molecule has 116 valence electrons. The molecule has 0 saturated heterocycles. The zero-order valence-electron chi connectivity index (χ0n) is 12.3. The van der Waals surface area contributed by atoms with E-state index in [1.807, 2.05) is 6.92 Å². The largest absolute Gasteiger partial charge is 0.507 e. The molecule has 1 aromatic heterocycles. The van der Waals surface area contributed by atoms with Crippen molar-refractivity contribution < 1.29 is 9.90 Å². The molecule has 3 N–H and O–H groups in total. The molecule has 3 aromatic rings. The third-order valence-corrected chi connectivity index (χ3v) is 3.70. The molecule has 3 rings (SSSR count). The normalized spacial score (nSPS) is 10.5. The zero-order chi connectivity index (χ0) is 16.4. The number of carbonyl (C=O) groups excluding carboxylic acids is 1. The molecular weight excluding hydrogens is 314 g/mol. The summed E-state index contributed by atoms with van der Waals surface area (Å²) in [5, 5.41) is 19.9. The monoisotopic (exact) mass is 327 g/mol. The number of phenols is 1. The van der Waals surface area contributed by atoms with Gasteiger partial charge in [-0.1, -0.05) is 35.4 Å². The van der Waals surface area contributed by atoms with Crippen LogP contribution < -0.4 is 5.32 Å². The van der Waals surface area contributed by atoms with Crippen molar-refractivity contribution in [3.63, 3.8) is 0 Å². The first-order chi connectivity index (χ1) is 11.0. The number of hydrogen-bond acceptors (Lipinski definition) is 3. The van der Waals surface area contributed by atoms with Crippen LogP contribution in [0.4, 0.5) is 5.69 Å². The Morgan fingerprint density at radius 3 is 2.78 bits per heavy atom. The zero-order valence-corrected chi connectivity index (χ0v) is 13.1. The highest BCUT2D eigenvalue weighted by Gasteiger charge is 2.14. The number of rotatable bonds is 3. The Bertz CT molecular complexity index is 874. The van der Waals surface area contributed by atoms with E-state index < -0.39 is 0 Å². The van der Waals surface area contributed by atoms with E-state index in [2.05, 4.69) is 15.5 Å². The molecule has 0 aliphatic carbocycles. The van der Waals surface area contributed by atoms with E-state index in [1.165, 1.54) is 0 Å². The van der Waals surface area contributed by atoms with E-state index in [0.717, 1.165) is 5.56 Å². The Balaban J connectivity index is 1.86. The highest BCUT2D eigenvalue weighted by molar-refractivity contribution is 6.33. The summed E-state index contributed by atoms with van der Waals surface area (Å²) in [4.78, 5) is 12.3. The summed E-state index contributed by atoms with van der Waals surface area (Å²) in [5.41, 5.74) is 2.85. The predicted molar refractivity (Wildman–Crippen MR) is 89.8 cm³/mol. The van der Waals surface area contributed by atoms with Gasteiger partial charge in [0.15, 0.2) is 0 Å². The summed E-state index contributed by atoms with van der Waals surface area (Å²) in [6.45, 7) is 1.92. The molecule has 0 saturated carbocycles. The maximum atomic E-state index is 12.3. The Morgan fingerprint density at radius 1 is 1.22 bits per heavy atom. The van der Waals surface area contributed by atoms with Crippen LogP contribution in [-0.4, -0.2) is 21.2 Å². The number of para-hydroxylation sites is 1. The van der Waals surface area contributed by atoms with Gasteiger partial charge in [0.05, 0.1) is 16.4 Å². The number of nitrogens with zero attached hydrogens (tertiary/aromatic N) is 1. The van der Waals surface area contributed by atoms with Gasteiger partial charge in [-0.3, -0.25) is 9.89 Å². The van der Waals surface area contributed by atoms with Crippen molar-refractivity contribution in [2.24, 2.45) is 0 Å². The fourth-order valence-corrected chi connectivity index (χ4v) is 2.37. The second-order valence-corrected chi connectivity index (χ2v) is 5.53. The predicted octanol–water partition coefficient (Wildman–Crippen LogP) is 4.00. The van der Waals surface area contributed by atoms with Gasteiger partial charge in [-0.05, 0) is 37.3 Å². The van der Waals surface area contributed by atoms with E-state index in [4.69, 9.17) is 11.6 Å². The van der Waals surface area contributed by atoms with E-state index in [0.29, 0.717) is 22.0 Å². The number of carbonyl (C=O) groups is 1. The molecule has 0 aliphatic rings. The minimum Gasteiger partial charge on any atom is -0.507 e. The first-order valence-corrected chi connectivity index (χ1v) is 7.33. The number of hydrogen-bond donors (Lipinski definition) is 3. The summed E-state index contributed by atoms with van der Waals surface area (Å²) < 4.78 is 0. The molecule has 0 unspecified atom stereocenters. The van der Waals surface area contributed by atoms with Crippen molar-refractivity contribution in [2.45, 2.75) is 6.92 Å². The van der Waals surface area contributed by atoms with Crippen molar-refractivity contribution in [3.05, 3.63) is 64.8 Å². The van der Waals surface area contributed by atoms with Gasteiger partial charge in [0.1, 0.15) is 11.4 Å². The standard InChI is InChI=1S/C17H14ClN3O2/c1-10-6-7-16(22)11(8-10)14-9-15(21-20-14)17(23)19-13-5-3-2-4-12(13)18/h2-9,22H,1H3,(H,19,23)(H,20,21). The SMILES string of the molecule is Cc1ccc(O)c(-c2cc(C(=O)Nc3ccccc3Cl)[nH]n2)c1. The molecular formula is C17H14ClN3O2. The third kappa shape index (κ3) is 3.19. The van der Waals surface area contributed by atoms with E-state index in [1.54, 1.807) is 48.5 Å². The Morgan fingerprint density at radius 2 is 2.00 bits per heavy atom. The number of halogens is 1. The highest BCUT2D eigenvalue weighted by atomic mass is 35.5. The van der Waals surface area contributed by atoms with Crippen molar-refractivity contribution in [2.75, 3.05) is 5.32 Å². The van der Waals surface area contributed by atoms with Gasteiger partial charge in [0.25, 0.3) is 5.91 Å². The number of aryl methyl sites for hydroxylation is 1. The van der Waals surface area contributed by atoms with Crippen LogP contribution in [0.3, 0.4) is 0 Å². The summed E-state index contributed by atoms with van der Waals surface area (Å²) in [6, 6.07) is 13.8. The minimum absolute atomic E-state index is 0.111. The Labute approximate surface area is 137 Å². The lowest BCUT2D eigenvalue weighted by Gasteiger charge is -2.04. The second kappa shape index (κ2) is 6.14. The van der Waals surface area contributed by atoms with Crippen LogP contribution in [0.15, 0.2) is 48.5 Å². The number of amides is 1. The first-order valence-electron chi connectivity index (χ1n) is 6.96. The van der Waals surface area contributed by atoms with Crippen LogP contribution >= 0.6 is 11.6 Å². The van der Waals surface area contributed by atoms with E-state index in [-0.39, 0.29) is 17.4 Å². The average molecular weight is 328 g/mol. The molecule has 0 spiro atoms. The summed E-state index contributed by atoms with van der Waals surface area (Å²) in [7, 11) is 0. The highest BCUT2D eigenvalue weighted by Crippen LogP contribution is 2.29. The quantitative estimate of drug-likeness (QED) is 0.680. The second-order valence-electron chi connectivity index (χ2n) is 5.12. The Kier molecular flexibility index (Phi) is 4.04. The summed E-state index contributed by atoms with van der Waals surface area (Å²) >= 11 is 6.02. The van der Waals surface area contributed by atoms with Crippen molar-refractivity contribution >= 4 is 23.2 Å². The molecule has 1 heterocycles. The summed E-state index contributed by atoms with van der Waals surface area (Å²) in [5.74, 6) is -0.246. The van der Waals surface area contributed by atoms with Crippen LogP contribution in [0.1, 0.15) is 16.1 Å². The fraction of sp³-hybridized carbons (Fsp3) is 0.0588. The number of benzene rings is 2. The van der Waals surface area contributed by atoms with Gasteiger partial charge < -0.3 is 10.4 Å². The molecule has 5 nitrogen and oxygen atoms in total. The van der Waals surface area contributed by atoms with E-state index >= 15 is 0 Å². The number of aromatic hydroxyl groups is 1. The van der Waals surface area contributed by atoms with Crippen molar-refractivity contribution in [3.8, 4) is 17.0 Å². The average Bonchev–Trinajstić information content (AvgIpc) is 3.02. The molecule has 0 fully saturated rings. The maximum Gasteiger partial charge on any atom is 0.273 e. The molecule has 0 radical (unpaired) electrons. The number of anilines is 1. The first kappa shape index (κ1) is 15.1. The van der Waals surface area contributed by atoms with Crippen LogP contribution in [0.2, 0.25) is 5.02 Å². The maximum absolute atomic E-state index is 12.3. The molecule has 2 aromatic carbocycles. The van der Waals surface area contributed by atoms with Gasteiger partial charge in [-0.25, -0.2) is 0 Å². The summed E-state index contributed by atoms with van der Waals surface area (Å²) in [6.07, 6.45) is 0. The number of H-pyrrole nitrogens is 1. The van der Waals surface area contributed by atoms with Gasteiger partial charge in [0.2, 0.25) is 0 Å². The molecule has 0 bridgehead atoms. The van der Waals surface area contributed by atoms with Crippen LogP contribution in [0, 0.1) is 6.92 Å². The molecule has 23 heavy (non-hydrogen) atoms. The van der Waals surface area contributed by atoms with Crippen molar-refractivity contribution in [1.29, 1.82) is 0 Å². The van der Waals surface area contributed by atoms with Crippen LogP contribution in [0.25, 0.3) is 11.3 Å². The third-order valence-electron chi connectivity index (χ3n) is 3.37. The van der Waals surface area contributed by atoms with Crippen LogP contribution in [0.5, 0.6) is 5.75 Å².